The molecule has 0 radical (unpaired) electrons. The summed E-state index contributed by atoms with van der Waals surface area (Å²) in [6.45, 7) is 4.53. The van der Waals surface area contributed by atoms with E-state index in [4.69, 9.17) is 11.6 Å². The molecule has 0 aromatic heterocycles. The summed E-state index contributed by atoms with van der Waals surface area (Å²) < 4.78 is 27.4. The van der Waals surface area contributed by atoms with Gasteiger partial charge in [0.2, 0.25) is 10.0 Å². The molecule has 1 aliphatic rings. The summed E-state index contributed by atoms with van der Waals surface area (Å²) in [7, 11) is -3.83. The highest BCUT2D eigenvalue weighted by Gasteiger charge is 2.37. The Bertz CT molecular complexity index is 675. The molecule has 1 aliphatic heterocycles. The van der Waals surface area contributed by atoms with Crippen molar-refractivity contribution in [1.29, 1.82) is 0 Å². The molecule has 21 heavy (non-hydrogen) atoms. The molecule has 1 atom stereocenters. The summed E-state index contributed by atoms with van der Waals surface area (Å²) in [6, 6.07) is 3.04. The molecule has 0 amide bonds. The van der Waals surface area contributed by atoms with Crippen LogP contribution in [0.25, 0.3) is 0 Å². The predicted octanol–water partition coefficient (Wildman–Crippen LogP) is 1.67. The first-order valence-electron chi connectivity index (χ1n) is 6.35. The van der Waals surface area contributed by atoms with Crippen LogP contribution in [0, 0.1) is 10.1 Å². The number of sulfonamides is 1. The first kappa shape index (κ1) is 16.2. The van der Waals surface area contributed by atoms with Gasteiger partial charge in [0.05, 0.1) is 9.95 Å². The van der Waals surface area contributed by atoms with E-state index in [-0.39, 0.29) is 27.2 Å². The van der Waals surface area contributed by atoms with Crippen LogP contribution in [0.4, 0.5) is 5.69 Å². The van der Waals surface area contributed by atoms with Crippen molar-refractivity contribution in [2.45, 2.75) is 36.7 Å². The van der Waals surface area contributed by atoms with Gasteiger partial charge in [-0.2, -0.15) is 0 Å². The molecule has 2 N–H and O–H groups in total. The number of nitro groups is 1. The zero-order valence-corrected chi connectivity index (χ0v) is 13.2. The molecule has 9 heteroatoms. The van der Waals surface area contributed by atoms with Crippen LogP contribution in [0.3, 0.4) is 0 Å². The summed E-state index contributed by atoms with van der Waals surface area (Å²) in [5.74, 6) is 0. The maximum Gasteiger partial charge on any atom is 0.271 e. The number of rotatable bonds is 4. The second kappa shape index (κ2) is 5.53. The number of non-ortho nitro benzene ring substituents is 1. The fraction of sp³-hybridized carbons (Fsp3) is 0.500. The smallest absolute Gasteiger partial charge is 0.271 e. The lowest BCUT2D eigenvalue weighted by Gasteiger charge is -2.27. The third-order valence-electron chi connectivity index (χ3n) is 3.60. The van der Waals surface area contributed by atoms with Gasteiger partial charge in [-0.15, -0.1) is 0 Å². The number of halogens is 1. The highest BCUT2D eigenvalue weighted by Crippen LogP contribution is 2.28. The zero-order chi connectivity index (χ0) is 15.8. The Balaban J connectivity index is 2.30. The number of nitro benzene ring substituents is 1. The third-order valence-corrected chi connectivity index (χ3v) is 5.55. The van der Waals surface area contributed by atoms with Crippen molar-refractivity contribution in [3.63, 3.8) is 0 Å². The Kier molecular flexibility index (Phi) is 4.25. The molecular weight excluding hydrogens is 318 g/mol. The molecule has 0 saturated carbocycles. The Morgan fingerprint density at radius 2 is 2.14 bits per heavy atom. The van der Waals surface area contributed by atoms with Gasteiger partial charge in [0.1, 0.15) is 4.90 Å². The van der Waals surface area contributed by atoms with Gasteiger partial charge >= 0.3 is 0 Å². The van der Waals surface area contributed by atoms with E-state index in [2.05, 4.69) is 10.0 Å². The van der Waals surface area contributed by atoms with Crippen molar-refractivity contribution < 1.29 is 13.3 Å². The number of hydrogen-bond donors (Lipinski definition) is 2. The molecule has 2 rings (SSSR count). The van der Waals surface area contributed by atoms with Crippen molar-refractivity contribution in [3.8, 4) is 0 Å². The average molecular weight is 334 g/mol. The van der Waals surface area contributed by atoms with Crippen molar-refractivity contribution >= 4 is 27.3 Å². The number of nitrogens with one attached hydrogen (secondary N) is 2. The van der Waals surface area contributed by atoms with Crippen LogP contribution in [0.15, 0.2) is 23.1 Å². The zero-order valence-electron chi connectivity index (χ0n) is 11.6. The van der Waals surface area contributed by atoms with Gasteiger partial charge < -0.3 is 5.32 Å². The first-order chi connectivity index (χ1) is 9.63. The lowest BCUT2D eigenvalue weighted by atomic mass is 9.98. The first-order valence-corrected chi connectivity index (χ1v) is 8.21. The number of hydrogen-bond acceptors (Lipinski definition) is 5. The van der Waals surface area contributed by atoms with Crippen molar-refractivity contribution in [3.05, 3.63) is 33.3 Å². The van der Waals surface area contributed by atoms with Crippen molar-refractivity contribution in [1.82, 2.24) is 10.0 Å². The molecule has 7 nitrogen and oxygen atoms in total. The third kappa shape index (κ3) is 3.34. The van der Waals surface area contributed by atoms with Crippen LogP contribution in [0.2, 0.25) is 5.02 Å². The molecule has 0 aliphatic carbocycles. The minimum absolute atomic E-state index is 0.155. The summed E-state index contributed by atoms with van der Waals surface area (Å²) >= 11 is 5.88. The SMILES string of the molecule is CC1(C)NCCC1NS(=O)(=O)c1ccc([N+](=O)[O-])cc1Cl. The van der Waals surface area contributed by atoms with Gasteiger partial charge in [0.25, 0.3) is 5.69 Å². The standard InChI is InChI=1S/C12H16ClN3O4S/c1-12(2)11(5-6-14-12)15-21(19,20)10-4-3-8(16(17)18)7-9(10)13/h3-4,7,11,14-15H,5-6H2,1-2H3. The molecule has 1 saturated heterocycles. The van der Waals surface area contributed by atoms with Crippen LogP contribution in [-0.4, -0.2) is 31.5 Å². The highest BCUT2D eigenvalue weighted by molar-refractivity contribution is 7.89. The van der Waals surface area contributed by atoms with Gasteiger partial charge in [-0.1, -0.05) is 11.6 Å². The predicted molar refractivity (Wildman–Crippen MR) is 78.9 cm³/mol. The summed E-state index contributed by atoms with van der Waals surface area (Å²) in [5.41, 5.74) is -0.609. The molecule has 1 heterocycles. The Morgan fingerprint density at radius 3 is 2.62 bits per heavy atom. The van der Waals surface area contributed by atoms with Crippen LogP contribution in [-0.2, 0) is 10.0 Å². The van der Waals surface area contributed by atoms with E-state index in [1.807, 2.05) is 13.8 Å². The van der Waals surface area contributed by atoms with E-state index in [0.717, 1.165) is 18.2 Å². The fourth-order valence-corrected chi connectivity index (χ4v) is 4.26. The lowest BCUT2D eigenvalue weighted by Crippen LogP contribution is -2.50. The molecule has 0 bridgehead atoms. The van der Waals surface area contributed by atoms with Crippen LogP contribution in [0.5, 0.6) is 0 Å². The van der Waals surface area contributed by atoms with Crippen LogP contribution in [0.1, 0.15) is 20.3 Å². The minimum Gasteiger partial charge on any atom is -0.310 e. The van der Waals surface area contributed by atoms with Crippen LogP contribution >= 0.6 is 11.6 Å². The van der Waals surface area contributed by atoms with E-state index in [1.54, 1.807) is 0 Å². The second-order valence-corrected chi connectivity index (χ2v) is 7.57. The van der Waals surface area contributed by atoms with Crippen molar-refractivity contribution in [2.75, 3.05) is 6.54 Å². The Morgan fingerprint density at radius 1 is 1.48 bits per heavy atom. The molecule has 0 spiro atoms. The summed E-state index contributed by atoms with van der Waals surface area (Å²) in [4.78, 5) is 9.87. The molecule has 1 aromatic carbocycles. The van der Waals surface area contributed by atoms with E-state index >= 15 is 0 Å². The maximum absolute atomic E-state index is 12.4. The molecule has 1 unspecified atom stereocenters. The fourth-order valence-electron chi connectivity index (χ4n) is 2.30. The molecule has 1 fully saturated rings. The number of nitrogens with zero attached hydrogens (tertiary/aromatic N) is 1. The second-order valence-electron chi connectivity index (χ2n) is 5.48. The lowest BCUT2D eigenvalue weighted by molar-refractivity contribution is -0.384. The monoisotopic (exact) mass is 333 g/mol. The van der Waals surface area contributed by atoms with Crippen LogP contribution < -0.4 is 10.0 Å². The molecular formula is C12H16ClN3O4S. The largest absolute Gasteiger partial charge is 0.310 e. The van der Waals surface area contributed by atoms with Gasteiger partial charge in [-0.05, 0) is 32.9 Å². The van der Waals surface area contributed by atoms with Gasteiger partial charge in [0.15, 0.2) is 0 Å². The Labute approximate surface area is 127 Å². The molecule has 116 valence electrons. The maximum atomic E-state index is 12.4. The number of benzene rings is 1. The van der Waals surface area contributed by atoms with E-state index < -0.39 is 14.9 Å². The van der Waals surface area contributed by atoms with Gasteiger partial charge in [-0.3, -0.25) is 10.1 Å². The highest BCUT2D eigenvalue weighted by atomic mass is 35.5. The quantitative estimate of drug-likeness (QED) is 0.644. The van der Waals surface area contributed by atoms with Gasteiger partial charge in [0, 0.05) is 23.7 Å². The average Bonchev–Trinajstić information content (AvgIpc) is 2.67. The Hall–Kier alpha value is -1.22. The van der Waals surface area contributed by atoms with E-state index in [0.29, 0.717) is 13.0 Å². The van der Waals surface area contributed by atoms with Gasteiger partial charge in [-0.25, -0.2) is 13.1 Å². The minimum atomic E-state index is -3.83. The topological polar surface area (TPSA) is 101 Å². The van der Waals surface area contributed by atoms with E-state index in [1.165, 1.54) is 0 Å². The molecule has 1 aromatic rings. The summed E-state index contributed by atoms with van der Waals surface area (Å²) in [6.07, 6.45) is 0.664. The van der Waals surface area contributed by atoms with Crippen molar-refractivity contribution in [2.24, 2.45) is 0 Å². The summed E-state index contributed by atoms with van der Waals surface area (Å²) in [5, 5.41) is 13.7. The normalized spacial score (nSPS) is 21.4. The van der Waals surface area contributed by atoms with E-state index in [9.17, 15) is 18.5 Å².